The van der Waals surface area contributed by atoms with Crippen molar-refractivity contribution in [3.63, 3.8) is 0 Å². The van der Waals surface area contributed by atoms with Crippen LogP contribution in [-0.4, -0.2) is 6.38 Å². The molecule has 0 aromatic carbocycles. The molecule has 0 heterocycles. The molecule has 0 nitrogen and oxygen atoms in total. The standard InChI is InChI=1S/2C7H9.CH3Cl.Zr/c2*1-6-3-4-7(2)5-6;1-2;/h2*3H,4H2,1-2H3;1H3;. The van der Waals surface area contributed by atoms with Crippen LogP contribution in [0.25, 0.3) is 0 Å². The van der Waals surface area contributed by atoms with Crippen molar-refractivity contribution >= 4 is 11.6 Å². The Morgan fingerprint density at radius 2 is 1.18 bits per heavy atom. The predicted molar refractivity (Wildman–Crippen MR) is 73.9 cm³/mol. The Bertz CT molecular complexity index is 382. The SMILES string of the molecule is CC1=CCC(C)=[C]1[Zr][C]1=C(C)CC=C1C.CCl. The molecule has 0 saturated heterocycles. The number of rotatable bonds is 2. The molecule has 0 fully saturated rings. The zero-order valence-electron chi connectivity index (χ0n) is 11.4. The third kappa shape index (κ3) is 3.55. The van der Waals surface area contributed by atoms with Gasteiger partial charge in [-0.2, -0.15) is 0 Å². The first-order valence-electron chi connectivity index (χ1n) is 5.98. The fourth-order valence-corrected chi connectivity index (χ4v) is 5.87. The van der Waals surface area contributed by atoms with Gasteiger partial charge in [0.15, 0.2) is 0 Å². The van der Waals surface area contributed by atoms with Crippen LogP contribution in [0.15, 0.2) is 41.0 Å². The first-order valence-corrected chi connectivity index (χ1v) is 9.19. The van der Waals surface area contributed by atoms with Crippen LogP contribution in [0.4, 0.5) is 0 Å². The molecule has 0 aromatic rings. The molecule has 0 saturated carbocycles. The van der Waals surface area contributed by atoms with Crippen LogP contribution in [0.1, 0.15) is 40.5 Å². The van der Waals surface area contributed by atoms with E-state index in [1.807, 2.05) is 0 Å². The van der Waals surface area contributed by atoms with Crippen LogP contribution in [-0.2, 0) is 23.2 Å². The molecule has 92 valence electrons. The van der Waals surface area contributed by atoms with Crippen molar-refractivity contribution in [3.05, 3.63) is 41.0 Å². The minimum Gasteiger partial charge on any atom is -0.130 e. The molecule has 0 aromatic heterocycles. The van der Waals surface area contributed by atoms with Gasteiger partial charge in [0.05, 0.1) is 0 Å². The molecule has 0 aliphatic heterocycles. The second-order valence-electron chi connectivity index (χ2n) is 4.62. The summed E-state index contributed by atoms with van der Waals surface area (Å²) in [5.41, 5.74) is 6.41. The van der Waals surface area contributed by atoms with E-state index in [1.165, 1.54) is 19.2 Å². The molecule has 0 bridgehead atoms. The fraction of sp³-hybridized carbons (Fsp3) is 0.467. The molecular formula is C15H21ClZr. The van der Waals surface area contributed by atoms with Crippen molar-refractivity contribution in [3.8, 4) is 0 Å². The maximum absolute atomic E-state index is 4.64. The van der Waals surface area contributed by atoms with Crippen molar-refractivity contribution in [1.82, 2.24) is 0 Å². The number of halogens is 1. The average Bonchev–Trinajstić information content (AvgIpc) is 2.81. The number of allylic oxidation sites excluding steroid dienone is 8. The van der Waals surface area contributed by atoms with E-state index in [1.54, 1.807) is 28.9 Å². The summed E-state index contributed by atoms with van der Waals surface area (Å²) in [6.07, 6.45) is 8.68. The van der Waals surface area contributed by atoms with Gasteiger partial charge in [-0.25, -0.2) is 0 Å². The molecule has 2 rings (SSSR count). The number of hydrogen-bond donors (Lipinski definition) is 0. The van der Waals surface area contributed by atoms with Gasteiger partial charge in [-0.15, -0.1) is 11.6 Å². The maximum Gasteiger partial charge on any atom is 0.0108 e. The maximum atomic E-state index is 4.64. The molecule has 0 unspecified atom stereocenters. The monoisotopic (exact) mass is 326 g/mol. The van der Waals surface area contributed by atoms with Gasteiger partial charge in [-0.05, 0) is 0 Å². The Morgan fingerprint density at radius 3 is 1.41 bits per heavy atom. The molecule has 2 aliphatic carbocycles. The Morgan fingerprint density at radius 1 is 0.824 bits per heavy atom. The van der Waals surface area contributed by atoms with Gasteiger partial charge in [-0.3, -0.25) is 0 Å². The molecule has 0 N–H and O–H groups in total. The third-order valence-electron chi connectivity index (χ3n) is 3.32. The van der Waals surface area contributed by atoms with Crippen LogP contribution < -0.4 is 0 Å². The molecule has 2 heteroatoms. The Hall–Kier alpha value is 0.133. The van der Waals surface area contributed by atoms with E-state index in [-0.39, 0.29) is 0 Å². The van der Waals surface area contributed by atoms with Crippen LogP contribution in [0, 0.1) is 0 Å². The summed E-state index contributed by atoms with van der Waals surface area (Å²) in [4.78, 5) is 0. The van der Waals surface area contributed by atoms with E-state index in [9.17, 15) is 0 Å². The summed E-state index contributed by atoms with van der Waals surface area (Å²) in [5, 5.41) is 0. The van der Waals surface area contributed by atoms with Crippen molar-refractivity contribution < 1.29 is 23.2 Å². The van der Waals surface area contributed by atoms with Gasteiger partial charge in [0.1, 0.15) is 0 Å². The first-order chi connectivity index (χ1) is 8.09. The van der Waals surface area contributed by atoms with Crippen LogP contribution in [0.5, 0.6) is 0 Å². The quantitative estimate of drug-likeness (QED) is 0.614. The van der Waals surface area contributed by atoms with Gasteiger partial charge in [0.2, 0.25) is 0 Å². The van der Waals surface area contributed by atoms with Crippen LogP contribution in [0.2, 0.25) is 0 Å². The zero-order chi connectivity index (χ0) is 13.0. The first kappa shape index (κ1) is 15.2. The van der Waals surface area contributed by atoms with Gasteiger partial charge in [0, 0.05) is 6.38 Å². The number of hydrogen-bond acceptors (Lipinski definition) is 0. The van der Waals surface area contributed by atoms with E-state index in [0.29, 0.717) is 0 Å². The second-order valence-corrected chi connectivity index (χ2v) is 7.69. The largest absolute Gasteiger partial charge is 0.130 e. The van der Waals surface area contributed by atoms with Crippen molar-refractivity contribution in [2.24, 2.45) is 0 Å². The van der Waals surface area contributed by atoms with Crippen molar-refractivity contribution in [1.29, 1.82) is 0 Å². The molecule has 0 amide bonds. The summed E-state index contributed by atoms with van der Waals surface area (Å²) >= 11 is 4.13. The normalized spacial score (nSPS) is 18.9. The summed E-state index contributed by atoms with van der Waals surface area (Å²) in [7, 11) is 0. The van der Waals surface area contributed by atoms with Gasteiger partial charge < -0.3 is 0 Å². The Labute approximate surface area is 122 Å². The van der Waals surface area contributed by atoms with Crippen molar-refractivity contribution in [2.75, 3.05) is 6.38 Å². The summed E-state index contributed by atoms with van der Waals surface area (Å²) < 4.78 is 3.50. The van der Waals surface area contributed by atoms with Gasteiger partial charge in [0.25, 0.3) is 0 Å². The van der Waals surface area contributed by atoms with E-state index >= 15 is 0 Å². The Kier molecular flexibility index (Phi) is 6.17. The molecular weight excluding hydrogens is 307 g/mol. The predicted octanol–water partition coefficient (Wildman–Crippen LogP) is 5.17. The zero-order valence-corrected chi connectivity index (χ0v) is 14.7. The topological polar surface area (TPSA) is 0 Å². The minimum atomic E-state index is -0.507. The fourth-order valence-electron chi connectivity index (χ4n) is 2.23. The minimum absolute atomic E-state index is 0.507. The van der Waals surface area contributed by atoms with Gasteiger partial charge >= 0.3 is 105 Å². The third-order valence-corrected chi connectivity index (χ3v) is 8.59. The molecule has 2 aliphatic rings. The smallest absolute Gasteiger partial charge is 0.0108 e. The summed E-state index contributed by atoms with van der Waals surface area (Å²) in [5.74, 6) is 0. The van der Waals surface area contributed by atoms with E-state index in [2.05, 4.69) is 51.4 Å². The van der Waals surface area contributed by atoms with E-state index in [0.717, 1.165) is 0 Å². The van der Waals surface area contributed by atoms with Crippen LogP contribution >= 0.6 is 11.6 Å². The molecule has 17 heavy (non-hydrogen) atoms. The molecule has 0 radical (unpaired) electrons. The van der Waals surface area contributed by atoms with Crippen LogP contribution in [0.3, 0.4) is 0 Å². The molecule has 0 spiro atoms. The average molecular weight is 328 g/mol. The van der Waals surface area contributed by atoms with Crippen molar-refractivity contribution in [2.45, 2.75) is 40.5 Å². The summed E-state index contributed by atoms with van der Waals surface area (Å²) in [6, 6.07) is 0. The van der Waals surface area contributed by atoms with Gasteiger partial charge in [-0.1, -0.05) is 0 Å². The Balaban J connectivity index is 0.000000686. The van der Waals surface area contributed by atoms with E-state index < -0.39 is 23.2 Å². The second kappa shape index (κ2) is 6.90. The molecule has 0 atom stereocenters. The van der Waals surface area contributed by atoms with E-state index in [4.69, 9.17) is 0 Å². The number of alkyl halides is 1. The summed E-state index contributed by atoms with van der Waals surface area (Å²) in [6.45, 7) is 9.20.